The quantitative estimate of drug-likeness (QED) is 0.803. The normalized spacial score (nSPS) is 18.7. The van der Waals surface area contributed by atoms with E-state index in [0.29, 0.717) is 12.6 Å². The van der Waals surface area contributed by atoms with E-state index in [9.17, 15) is 0 Å². The number of nitrogens with zero attached hydrogens (tertiary/aromatic N) is 1. The molecular formula is C13H22N2O. The number of furan rings is 1. The van der Waals surface area contributed by atoms with Crippen LogP contribution in [-0.2, 0) is 0 Å². The second-order valence-corrected chi connectivity index (χ2v) is 4.69. The van der Waals surface area contributed by atoms with E-state index in [4.69, 9.17) is 10.2 Å². The van der Waals surface area contributed by atoms with E-state index in [1.165, 1.54) is 31.4 Å². The summed E-state index contributed by atoms with van der Waals surface area (Å²) in [7, 11) is 0. The van der Waals surface area contributed by atoms with Crippen molar-refractivity contribution in [2.45, 2.75) is 32.2 Å². The monoisotopic (exact) mass is 222 g/mol. The first-order valence-corrected chi connectivity index (χ1v) is 6.31. The lowest BCUT2D eigenvalue weighted by atomic mass is 9.84. The molecule has 1 atom stereocenters. The molecule has 1 heterocycles. The lowest BCUT2D eigenvalue weighted by Crippen LogP contribution is -2.38. The van der Waals surface area contributed by atoms with Gasteiger partial charge in [-0.2, -0.15) is 0 Å². The molecule has 1 aromatic rings. The van der Waals surface area contributed by atoms with Crippen LogP contribution in [0.5, 0.6) is 0 Å². The van der Waals surface area contributed by atoms with E-state index < -0.39 is 0 Å². The fourth-order valence-corrected chi connectivity index (χ4v) is 2.44. The third-order valence-corrected chi connectivity index (χ3v) is 3.72. The second-order valence-electron chi connectivity index (χ2n) is 4.69. The first-order chi connectivity index (χ1) is 7.85. The largest absolute Gasteiger partial charge is 0.472 e. The van der Waals surface area contributed by atoms with Crippen LogP contribution >= 0.6 is 0 Å². The lowest BCUT2D eigenvalue weighted by molar-refractivity contribution is 0.141. The summed E-state index contributed by atoms with van der Waals surface area (Å²) in [6.45, 7) is 5.12. The summed E-state index contributed by atoms with van der Waals surface area (Å²) in [6, 6.07) is 2.35. The highest BCUT2D eigenvalue weighted by atomic mass is 16.3. The molecule has 16 heavy (non-hydrogen) atoms. The van der Waals surface area contributed by atoms with Crippen molar-refractivity contribution >= 4 is 0 Å². The summed E-state index contributed by atoms with van der Waals surface area (Å²) in [4.78, 5) is 2.48. The van der Waals surface area contributed by atoms with Gasteiger partial charge >= 0.3 is 0 Å². The van der Waals surface area contributed by atoms with Crippen LogP contribution in [0.2, 0.25) is 0 Å². The topological polar surface area (TPSA) is 42.4 Å². The molecule has 0 aliphatic heterocycles. The SMILES string of the molecule is CCN(CC1CCC1)C(CN)c1ccoc1. The van der Waals surface area contributed by atoms with Gasteiger partial charge in [0.05, 0.1) is 18.6 Å². The zero-order valence-corrected chi connectivity index (χ0v) is 10.1. The average Bonchev–Trinajstić information content (AvgIpc) is 2.74. The maximum Gasteiger partial charge on any atom is 0.0950 e. The highest BCUT2D eigenvalue weighted by Crippen LogP contribution is 2.30. The molecule has 1 fully saturated rings. The molecule has 0 spiro atoms. The molecule has 1 aromatic heterocycles. The Bertz CT molecular complexity index is 293. The minimum absolute atomic E-state index is 0.323. The highest BCUT2D eigenvalue weighted by Gasteiger charge is 2.25. The zero-order valence-electron chi connectivity index (χ0n) is 10.1. The molecule has 0 radical (unpaired) electrons. The van der Waals surface area contributed by atoms with Crippen LogP contribution in [0, 0.1) is 5.92 Å². The maximum atomic E-state index is 5.89. The molecule has 1 unspecified atom stereocenters. The molecule has 0 amide bonds. The predicted molar refractivity (Wildman–Crippen MR) is 65.1 cm³/mol. The minimum atomic E-state index is 0.323. The molecule has 1 aliphatic rings. The van der Waals surface area contributed by atoms with E-state index in [-0.39, 0.29) is 0 Å². The van der Waals surface area contributed by atoms with Gasteiger partial charge in [0.2, 0.25) is 0 Å². The second kappa shape index (κ2) is 5.51. The Morgan fingerprint density at radius 3 is 2.81 bits per heavy atom. The van der Waals surface area contributed by atoms with Crippen LogP contribution in [0.15, 0.2) is 23.0 Å². The van der Waals surface area contributed by atoms with Crippen LogP contribution in [0.1, 0.15) is 37.8 Å². The summed E-state index contributed by atoms with van der Waals surface area (Å²) in [5, 5.41) is 0. The number of nitrogens with two attached hydrogens (primary N) is 1. The van der Waals surface area contributed by atoms with Gasteiger partial charge in [0, 0.05) is 18.7 Å². The number of likely N-dealkylation sites (N-methyl/N-ethyl adjacent to an activating group) is 1. The molecule has 3 heteroatoms. The van der Waals surface area contributed by atoms with Gasteiger partial charge in [-0.05, 0) is 31.4 Å². The van der Waals surface area contributed by atoms with Crippen molar-refractivity contribution in [1.82, 2.24) is 4.90 Å². The minimum Gasteiger partial charge on any atom is -0.472 e. The van der Waals surface area contributed by atoms with Gasteiger partial charge in [-0.1, -0.05) is 13.3 Å². The summed E-state index contributed by atoms with van der Waals surface area (Å²) in [5.41, 5.74) is 7.10. The number of rotatable bonds is 6. The molecule has 1 saturated carbocycles. The summed E-state index contributed by atoms with van der Waals surface area (Å²) in [6.07, 6.45) is 7.73. The summed E-state index contributed by atoms with van der Waals surface area (Å²) in [5.74, 6) is 0.890. The maximum absolute atomic E-state index is 5.89. The van der Waals surface area contributed by atoms with Gasteiger partial charge in [0.25, 0.3) is 0 Å². The first-order valence-electron chi connectivity index (χ1n) is 6.31. The fourth-order valence-electron chi connectivity index (χ4n) is 2.44. The third kappa shape index (κ3) is 2.47. The standard InChI is InChI=1S/C13H22N2O/c1-2-15(9-11-4-3-5-11)13(8-14)12-6-7-16-10-12/h6-7,10-11,13H,2-5,8-9,14H2,1H3. The van der Waals surface area contributed by atoms with E-state index in [2.05, 4.69) is 11.8 Å². The Hall–Kier alpha value is -0.800. The van der Waals surface area contributed by atoms with E-state index in [1.54, 1.807) is 6.26 Å². The van der Waals surface area contributed by atoms with E-state index in [0.717, 1.165) is 12.5 Å². The van der Waals surface area contributed by atoms with Gasteiger partial charge in [0.15, 0.2) is 0 Å². The molecular weight excluding hydrogens is 200 g/mol. The Labute approximate surface area is 97.6 Å². The highest BCUT2D eigenvalue weighted by molar-refractivity contribution is 5.12. The summed E-state index contributed by atoms with van der Waals surface area (Å²) >= 11 is 0. The molecule has 1 aliphatic carbocycles. The predicted octanol–water partition coefficient (Wildman–Crippen LogP) is 2.40. The molecule has 3 nitrogen and oxygen atoms in total. The van der Waals surface area contributed by atoms with E-state index >= 15 is 0 Å². The van der Waals surface area contributed by atoms with Gasteiger partial charge < -0.3 is 10.2 Å². The number of hydrogen-bond acceptors (Lipinski definition) is 3. The Morgan fingerprint density at radius 1 is 1.56 bits per heavy atom. The van der Waals surface area contributed by atoms with Crippen LogP contribution in [0.3, 0.4) is 0 Å². The van der Waals surface area contributed by atoms with E-state index in [1.807, 2.05) is 12.3 Å². The van der Waals surface area contributed by atoms with Crippen molar-refractivity contribution in [3.8, 4) is 0 Å². The van der Waals surface area contributed by atoms with Crippen molar-refractivity contribution in [3.63, 3.8) is 0 Å². The van der Waals surface area contributed by atoms with Gasteiger partial charge in [-0.3, -0.25) is 4.90 Å². The molecule has 2 rings (SSSR count). The van der Waals surface area contributed by atoms with Gasteiger partial charge in [-0.25, -0.2) is 0 Å². The van der Waals surface area contributed by atoms with Gasteiger partial charge in [0.1, 0.15) is 0 Å². The molecule has 0 saturated heterocycles. The summed E-state index contributed by atoms with van der Waals surface area (Å²) < 4.78 is 5.16. The molecule has 2 N–H and O–H groups in total. The molecule has 0 aromatic carbocycles. The first kappa shape index (κ1) is 11.7. The van der Waals surface area contributed by atoms with Crippen molar-refractivity contribution in [2.24, 2.45) is 11.7 Å². The average molecular weight is 222 g/mol. The van der Waals surface area contributed by atoms with Crippen LogP contribution < -0.4 is 5.73 Å². The number of hydrogen-bond donors (Lipinski definition) is 1. The fraction of sp³-hybridized carbons (Fsp3) is 0.692. The zero-order chi connectivity index (χ0) is 11.4. The lowest BCUT2D eigenvalue weighted by Gasteiger charge is -2.36. The smallest absolute Gasteiger partial charge is 0.0950 e. The van der Waals surface area contributed by atoms with Crippen LogP contribution in [-0.4, -0.2) is 24.5 Å². The van der Waals surface area contributed by atoms with Crippen molar-refractivity contribution in [3.05, 3.63) is 24.2 Å². The molecule has 90 valence electrons. The van der Waals surface area contributed by atoms with Gasteiger partial charge in [-0.15, -0.1) is 0 Å². The molecule has 0 bridgehead atoms. The van der Waals surface area contributed by atoms with Crippen molar-refractivity contribution in [2.75, 3.05) is 19.6 Å². The Morgan fingerprint density at radius 2 is 2.38 bits per heavy atom. The Balaban J connectivity index is 1.99. The van der Waals surface area contributed by atoms with Crippen LogP contribution in [0.25, 0.3) is 0 Å². The Kier molecular flexibility index (Phi) is 4.02. The van der Waals surface area contributed by atoms with Crippen molar-refractivity contribution < 1.29 is 4.42 Å². The third-order valence-electron chi connectivity index (χ3n) is 3.72. The van der Waals surface area contributed by atoms with Crippen molar-refractivity contribution in [1.29, 1.82) is 0 Å². The van der Waals surface area contributed by atoms with Crippen LogP contribution in [0.4, 0.5) is 0 Å².